The van der Waals surface area contributed by atoms with Crippen molar-refractivity contribution >= 4 is 23.6 Å². The van der Waals surface area contributed by atoms with Crippen molar-refractivity contribution in [3.8, 4) is 6.07 Å². The van der Waals surface area contributed by atoms with Crippen LogP contribution in [0.1, 0.15) is 43.9 Å². The Balaban J connectivity index is 1.61. The number of hydrogen-bond acceptors (Lipinski definition) is 9. The normalized spacial score (nSPS) is 20.3. The van der Waals surface area contributed by atoms with Crippen molar-refractivity contribution in [2.45, 2.75) is 70.7 Å². The quantitative estimate of drug-likeness (QED) is 0.161. The number of nitrogens with zero attached hydrogens (tertiary/aromatic N) is 1. The third kappa shape index (κ3) is 11.9. The zero-order valence-corrected chi connectivity index (χ0v) is 28.2. The number of hydrogen-bond donors (Lipinski definition) is 2. The van der Waals surface area contributed by atoms with Gasteiger partial charge in [-0.25, -0.2) is 14.0 Å². The first-order valence-corrected chi connectivity index (χ1v) is 16.2. The van der Waals surface area contributed by atoms with Crippen molar-refractivity contribution in [3.05, 3.63) is 95.3 Å². The van der Waals surface area contributed by atoms with E-state index in [4.69, 9.17) is 28.4 Å². The molecule has 1 aliphatic rings. The maximum Gasteiger partial charge on any atom is 0.416 e. The Kier molecular flexibility index (Phi) is 14.1. The average Bonchev–Trinajstić information content (AvgIpc) is 3.09. The fourth-order valence-electron chi connectivity index (χ4n) is 4.96. The summed E-state index contributed by atoms with van der Waals surface area (Å²) in [6, 6.07) is 17.5. The largest absolute Gasteiger partial charge is 0.446 e. The lowest BCUT2D eigenvalue weighted by atomic mass is 9.98. The van der Waals surface area contributed by atoms with Gasteiger partial charge in [-0.05, 0) is 72.5 Å². The fraction of sp³-hybridized carbons (Fsp3) is 0.417. The first-order chi connectivity index (χ1) is 24.4. The third-order valence-electron chi connectivity index (χ3n) is 7.37. The molecule has 2 N–H and O–H groups in total. The summed E-state index contributed by atoms with van der Waals surface area (Å²) in [5.41, 5.74) is 0.337. The van der Waals surface area contributed by atoms with E-state index in [-0.39, 0.29) is 31.4 Å². The maximum atomic E-state index is 13.6. The molecule has 1 saturated heterocycles. The lowest BCUT2D eigenvalue weighted by molar-refractivity contribution is -0.318. The van der Waals surface area contributed by atoms with E-state index in [0.717, 1.165) is 24.3 Å². The molecule has 274 valence electrons. The Morgan fingerprint density at radius 3 is 2.25 bits per heavy atom. The van der Waals surface area contributed by atoms with E-state index in [1.54, 1.807) is 18.2 Å². The van der Waals surface area contributed by atoms with Gasteiger partial charge in [0.1, 0.15) is 30.7 Å². The SMILES string of the molecule is CCCO[C@@H]1[C@@H](OCc2ccc(F)cc2)[C@H](OCC(C)C)O[C@H](COC(=O)Nc2cccc(C#N)c2)[C@H]1OC(=O)Nc1ccc(C(F)(F)F)cc1. The van der Waals surface area contributed by atoms with Crippen LogP contribution < -0.4 is 10.6 Å². The van der Waals surface area contributed by atoms with E-state index in [2.05, 4.69) is 10.6 Å². The Labute approximate surface area is 292 Å². The standard InChI is InChI=1S/C36H39F4N3O8/c1-4-16-46-31-30(51-35(45)42-27-14-10-25(11-15-27)36(38,39)40)29(21-49-34(44)43-28-7-5-6-24(17-28)18-41)50-33(48-19-22(2)3)32(31)47-20-23-8-12-26(37)13-9-23/h5-15,17,22,29-33H,4,16,19-21H2,1-3H3,(H,42,45)(H,43,44)/t29-,30-,31+,32-,33-/m1/s1. The van der Waals surface area contributed by atoms with Gasteiger partial charge in [-0.3, -0.25) is 10.6 Å². The second kappa shape index (κ2) is 18.5. The van der Waals surface area contributed by atoms with Crippen LogP contribution in [0.4, 0.5) is 38.5 Å². The molecule has 15 heteroatoms. The minimum Gasteiger partial charge on any atom is -0.446 e. The zero-order chi connectivity index (χ0) is 37.0. The van der Waals surface area contributed by atoms with Crippen LogP contribution >= 0.6 is 0 Å². The van der Waals surface area contributed by atoms with Gasteiger partial charge in [0.2, 0.25) is 0 Å². The molecule has 2 amide bonds. The number of nitriles is 1. The van der Waals surface area contributed by atoms with E-state index < -0.39 is 67.1 Å². The molecule has 0 radical (unpaired) electrons. The molecule has 51 heavy (non-hydrogen) atoms. The van der Waals surface area contributed by atoms with Crippen molar-refractivity contribution in [1.29, 1.82) is 5.26 Å². The molecule has 3 aromatic carbocycles. The molecule has 5 atom stereocenters. The number of benzene rings is 3. The van der Waals surface area contributed by atoms with Crippen LogP contribution in [0.5, 0.6) is 0 Å². The van der Waals surface area contributed by atoms with E-state index in [1.165, 1.54) is 30.3 Å². The highest BCUT2D eigenvalue weighted by Crippen LogP contribution is 2.32. The minimum absolute atomic E-state index is 0.0183. The first kappa shape index (κ1) is 39.0. The number of halogens is 4. The van der Waals surface area contributed by atoms with Gasteiger partial charge >= 0.3 is 18.4 Å². The smallest absolute Gasteiger partial charge is 0.416 e. The average molecular weight is 718 g/mol. The van der Waals surface area contributed by atoms with Gasteiger partial charge in [-0.15, -0.1) is 0 Å². The highest BCUT2D eigenvalue weighted by molar-refractivity contribution is 5.85. The molecule has 0 aliphatic carbocycles. The van der Waals surface area contributed by atoms with Gasteiger partial charge in [0.15, 0.2) is 12.4 Å². The van der Waals surface area contributed by atoms with Crippen LogP contribution in [0.15, 0.2) is 72.8 Å². The summed E-state index contributed by atoms with van der Waals surface area (Å²) in [7, 11) is 0. The van der Waals surface area contributed by atoms with Gasteiger partial charge < -0.3 is 28.4 Å². The Hall–Kier alpha value is -4.75. The van der Waals surface area contributed by atoms with E-state index >= 15 is 0 Å². The summed E-state index contributed by atoms with van der Waals surface area (Å²) in [5, 5.41) is 14.1. The number of carbonyl (C=O) groups is 2. The summed E-state index contributed by atoms with van der Waals surface area (Å²) >= 11 is 0. The molecule has 0 bridgehead atoms. The maximum absolute atomic E-state index is 13.6. The van der Waals surface area contributed by atoms with Crippen molar-refractivity contribution in [3.63, 3.8) is 0 Å². The van der Waals surface area contributed by atoms with Crippen LogP contribution in [0.2, 0.25) is 0 Å². The molecule has 11 nitrogen and oxygen atoms in total. The van der Waals surface area contributed by atoms with Crippen LogP contribution in [0.3, 0.4) is 0 Å². The van der Waals surface area contributed by atoms with Gasteiger partial charge in [-0.1, -0.05) is 39.0 Å². The number of amides is 2. The summed E-state index contributed by atoms with van der Waals surface area (Å²) in [5.74, 6) is -0.367. The van der Waals surface area contributed by atoms with Crippen LogP contribution in [-0.2, 0) is 41.2 Å². The highest BCUT2D eigenvalue weighted by Gasteiger charge is 2.51. The molecule has 0 unspecified atom stereocenters. The Morgan fingerprint density at radius 1 is 0.902 bits per heavy atom. The van der Waals surface area contributed by atoms with Crippen molar-refractivity contribution in [2.75, 3.05) is 30.5 Å². The zero-order valence-electron chi connectivity index (χ0n) is 28.2. The van der Waals surface area contributed by atoms with E-state index in [1.807, 2.05) is 26.8 Å². The predicted molar refractivity (Wildman–Crippen MR) is 176 cm³/mol. The predicted octanol–water partition coefficient (Wildman–Crippen LogP) is 7.66. The number of carbonyl (C=O) groups excluding carboxylic acids is 2. The number of alkyl halides is 3. The van der Waals surface area contributed by atoms with E-state index in [9.17, 15) is 32.4 Å². The summed E-state index contributed by atoms with van der Waals surface area (Å²) < 4.78 is 89.0. The summed E-state index contributed by atoms with van der Waals surface area (Å²) in [4.78, 5) is 26.1. The Morgan fingerprint density at radius 2 is 1.61 bits per heavy atom. The van der Waals surface area contributed by atoms with Gasteiger partial charge in [0, 0.05) is 18.0 Å². The lowest BCUT2D eigenvalue weighted by Gasteiger charge is -2.45. The topological polar surface area (TPSA) is 137 Å². The van der Waals surface area contributed by atoms with E-state index in [0.29, 0.717) is 23.2 Å². The van der Waals surface area contributed by atoms with Crippen LogP contribution in [0, 0.1) is 23.1 Å². The molecule has 1 heterocycles. The van der Waals surface area contributed by atoms with Gasteiger partial charge in [-0.2, -0.15) is 18.4 Å². The molecule has 1 fully saturated rings. The second-order valence-corrected chi connectivity index (χ2v) is 12.0. The number of anilines is 2. The monoisotopic (exact) mass is 717 g/mol. The number of ether oxygens (including phenoxy) is 6. The molecular formula is C36H39F4N3O8. The van der Waals surface area contributed by atoms with Crippen LogP contribution in [0.25, 0.3) is 0 Å². The van der Waals surface area contributed by atoms with Crippen molar-refractivity contribution < 1.29 is 55.6 Å². The molecular weight excluding hydrogens is 678 g/mol. The summed E-state index contributed by atoms with van der Waals surface area (Å²) in [6.45, 7) is 5.61. The van der Waals surface area contributed by atoms with Gasteiger partial charge in [0.25, 0.3) is 0 Å². The third-order valence-corrected chi connectivity index (χ3v) is 7.37. The van der Waals surface area contributed by atoms with Crippen LogP contribution in [-0.4, -0.2) is 62.7 Å². The number of nitrogens with one attached hydrogen (secondary N) is 2. The molecule has 3 aromatic rings. The fourth-order valence-corrected chi connectivity index (χ4v) is 4.96. The summed E-state index contributed by atoms with van der Waals surface area (Å²) in [6.07, 6.45) is -11.7. The number of rotatable bonds is 14. The van der Waals surface area contributed by atoms with Crippen molar-refractivity contribution in [1.82, 2.24) is 0 Å². The Bertz CT molecular complexity index is 1620. The minimum atomic E-state index is -4.57. The lowest BCUT2D eigenvalue weighted by Crippen LogP contribution is -2.62. The second-order valence-electron chi connectivity index (χ2n) is 12.0. The molecule has 1 aliphatic heterocycles. The molecule has 4 rings (SSSR count). The molecule has 0 aromatic heterocycles. The molecule has 0 spiro atoms. The molecule has 0 saturated carbocycles. The highest BCUT2D eigenvalue weighted by atomic mass is 19.4. The van der Waals surface area contributed by atoms with Gasteiger partial charge in [0.05, 0.1) is 30.4 Å². The first-order valence-electron chi connectivity index (χ1n) is 16.2. The van der Waals surface area contributed by atoms with Crippen molar-refractivity contribution in [2.24, 2.45) is 5.92 Å².